The second-order valence-corrected chi connectivity index (χ2v) is 2.05. The Morgan fingerprint density at radius 2 is 2.00 bits per heavy atom. The van der Waals surface area contributed by atoms with Gasteiger partial charge in [0.1, 0.15) is 12.5 Å². The Balaban J connectivity index is 0.000000461. The van der Waals surface area contributed by atoms with Crippen molar-refractivity contribution in [1.29, 1.82) is 0 Å². The van der Waals surface area contributed by atoms with Crippen LogP contribution in [-0.4, -0.2) is 11.9 Å². The number of hydrogen-bond acceptors (Lipinski definition) is 3. The summed E-state index contributed by atoms with van der Waals surface area (Å²) in [7, 11) is 0. The van der Waals surface area contributed by atoms with E-state index in [9.17, 15) is 0 Å². The monoisotopic (exact) mass is 153 g/mol. The molecular weight excluding hydrogens is 142 g/mol. The molecule has 3 N–H and O–H groups in total. The number of hydrogen-bond donors (Lipinski definition) is 2. The molecule has 0 aliphatic heterocycles. The van der Waals surface area contributed by atoms with Crippen LogP contribution >= 0.6 is 0 Å². The van der Waals surface area contributed by atoms with E-state index in [1.165, 1.54) is 6.07 Å². The molecule has 11 heavy (non-hydrogen) atoms. The fourth-order valence-corrected chi connectivity index (χ4v) is 0.626. The third-order valence-corrected chi connectivity index (χ3v) is 1.23. The van der Waals surface area contributed by atoms with Crippen molar-refractivity contribution >= 4 is 12.5 Å². The van der Waals surface area contributed by atoms with Crippen molar-refractivity contribution in [2.75, 3.05) is 5.73 Å². The van der Waals surface area contributed by atoms with Crippen LogP contribution in [0.1, 0.15) is 5.56 Å². The molecule has 0 atom stereocenters. The van der Waals surface area contributed by atoms with Gasteiger partial charge >= 0.3 is 0 Å². The van der Waals surface area contributed by atoms with Crippen molar-refractivity contribution in [2.24, 2.45) is 0 Å². The van der Waals surface area contributed by atoms with Crippen LogP contribution in [0.5, 0.6) is 5.75 Å². The van der Waals surface area contributed by atoms with Crippen molar-refractivity contribution < 1.29 is 9.90 Å². The van der Waals surface area contributed by atoms with E-state index < -0.39 is 0 Å². The van der Waals surface area contributed by atoms with Crippen LogP contribution in [-0.2, 0) is 4.79 Å². The highest BCUT2D eigenvalue weighted by molar-refractivity contribution is 5.47. The Hall–Kier alpha value is -1.51. The van der Waals surface area contributed by atoms with Crippen LogP contribution in [0.4, 0.5) is 5.69 Å². The standard InChI is InChI=1S/C7H9NO.CH2O/c1-5-2-3-6(8)4-7(5)9;1-2/h2-4,9H,8H2,1H3;1H2. The third kappa shape index (κ3) is 2.71. The highest BCUT2D eigenvalue weighted by atomic mass is 16.3. The number of benzene rings is 1. The number of nitrogen functional groups attached to an aromatic ring is 1. The van der Waals surface area contributed by atoms with Gasteiger partial charge in [-0.25, -0.2) is 0 Å². The molecule has 0 saturated carbocycles. The molecule has 0 aliphatic carbocycles. The molecule has 60 valence electrons. The van der Waals surface area contributed by atoms with Gasteiger partial charge < -0.3 is 15.6 Å². The summed E-state index contributed by atoms with van der Waals surface area (Å²) in [5.41, 5.74) is 6.81. The number of nitrogens with two attached hydrogens (primary N) is 1. The molecule has 0 fully saturated rings. The van der Waals surface area contributed by atoms with Gasteiger partial charge in [-0.3, -0.25) is 0 Å². The first-order valence-corrected chi connectivity index (χ1v) is 3.04. The normalized spacial score (nSPS) is 8.09. The molecule has 0 radical (unpaired) electrons. The topological polar surface area (TPSA) is 63.3 Å². The van der Waals surface area contributed by atoms with Crippen LogP contribution < -0.4 is 5.73 Å². The molecule has 3 nitrogen and oxygen atoms in total. The third-order valence-electron chi connectivity index (χ3n) is 1.23. The maximum absolute atomic E-state index is 9.02. The smallest absolute Gasteiger partial charge is 0.120 e. The van der Waals surface area contributed by atoms with Crippen molar-refractivity contribution in [2.45, 2.75) is 6.92 Å². The summed E-state index contributed by atoms with van der Waals surface area (Å²) in [5, 5.41) is 9.02. The van der Waals surface area contributed by atoms with Gasteiger partial charge in [0.2, 0.25) is 0 Å². The molecule has 1 aromatic carbocycles. The summed E-state index contributed by atoms with van der Waals surface area (Å²) in [5.74, 6) is 0.259. The van der Waals surface area contributed by atoms with E-state index in [4.69, 9.17) is 15.6 Å². The fourth-order valence-electron chi connectivity index (χ4n) is 0.626. The lowest BCUT2D eigenvalue weighted by atomic mass is 10.2. The summed E-state index contributed by atoms with van der Waals surface area (Å²) in [4.78, 5) is 8.00. The lowest BCUT2D eigenvalue weighted by molar-refractivity contribution is -0.0979. The van der Waals surface area contributed by atoms with Crippen LogP contribution in [0.2, 0.25) is 0 Å². The Labute approximate surface area is 65.5 Å². The fraction of sp³-hybridized carbons (Fsp3) is 0.125. The zero-order chi connectivity index (χ0) is 8.85. The van der Waals surface area contributed by atoms with E-state index >= 15 is 0 Å². The van der Waals surface area contributed by atoms with Crippen LogP contribution in [0.3, 0.4) is 0 Å². The first kappa shape index (κ1) is 9.49. The molecule has 0 unspecified atom stereocenters. The average Bonchev–Trinajstić information content (AvgIpc) is 2.02. The summed E-state index contributed by atoms with van der Waals surface area (Å²) < 4.78 is 0. The number of aromatic hydroxyl groups is 1. The van der Waals surface area contributed by atoms with Gasteiger partial charge in [-0.05, 0) is 18.6 Å². The van der Waals surface area contributed by atoms with Crippen LogP contribution in [0.15, 0.2) is 18.2 Å². The van der Waals surface area contributed by atoms with Gasteiger partial charge in [-0.15, -0.1) is 0 Å². The number of rotatable bonds is 0. The zero-order valence-electron chi connectivity index (χ0n) is 6.37. The van der Waals surface area contributed by atoms with E-state index in [0.29, 0.717) is 5.69 Å². The first-order valence-electron chi connectivity index (χ1n) is 3.04. The average molecular weight is 153 g/mol. The zero-order valence-corrected chi connectivity index (χ0v) is 6.37. The maximum atomic E-state index is 9.02. The first-order chi connectivity index (χ1) is 5.20. The lowest BCUT2D eigenvalue weighted by Gasteiger charge is -1.97. The van der Waals surface area contributed by atoms with E-state index in [1.54, 1.807) is 12.1 Å². The van der Waals surface area contributed by atoms with Crippen LogP contribution in [0.25, 0.3) is 0 Å². The summed E-state index contributed by atoms with van der Waals surface area (Å²) >= 11 is 0. The molecule has 0 bridgehead atoms. The highest BCUT2D eigenvalue weighted by Gasteiger charge is 1.92. The molecule has 0 aromatic heterocycles. The maximum Gasteiger partial charge on any atom is 0.120 e. The summed E-state index contributed by atoms with van der Waals surface area (Å²) in [6.45, 7) is 3.83. The molecule has 0 spiro atoms. The predicted molar refractivity (Wildman–Crippen MR) is 44.4 cm³/mol. The van der Waals surface area contributed by atoms with Gasteiger partial charge in [0.05, 0.1) is 0 Å². The van der Waals surface area contributed by atoms with Gasteiger partial charge in [-0.2, -0.15) is 0 Å². The van der Waals surface area contributed by atoms with Crippen molar-refractivity contribution in [3.63, 3.8) is 0 Å². The second kappa shape index (κ2) is 4.33. The SMILES string of the molecule is C=O.Cc1ccc(N)cc1O. The summed E-state index contributed by atoms with van der Waals surface area (Å²) in [6, 6.07) is 5.08. The van der Waals surface area contributed by atoms with Crippen molar-refractivity contribution in [3.8, 4) is 5.75 Å². The quantitative estimate of drug-likeness (QED) is 0.548. The minimum absolute atomic E-state index is 0.259. The number of phenols is 1. The molecule has 1 rings (SSSR count). The Kier molecular flexibility index (Phi) is 3.73. The van der Waals surface area contributed by atoms with Gasteiger partial charge in [0.25, 0.3) is 0 Å². The van der Waals surface area contributed by atoms with Crippen molar-refractivity contribution in [3.05, 3.63) is 23.8 Å². The van der Waals surface area contributed by atoms with Gasteiger partial charge in [0, 0.05) is 11.8 Å². The minimum Gasteiger partial charge on any atom is -0.508 e. The second-order valence-electron chi connectivity index (χ2n) is 2.05. The molecule has 0 saturated heterocycles. The van der Waals surface area contributed by atoms with Gasteiger partial charge in [0.15, 0.2) is 0 Å². The van der Waals surface area contributed by atoms with Gasteiger partial charge in [-0.1, -0.05) is 6.07 Å². The largest absolute Gasteiger partial charge is 0.508 e. The molecule has 0 aliphatic rings. The molecule has 1 aromatic rings. The van der Waals surface area contributed by atoms with Crippen LogP contribution in [0, 0.1) is 6.92 Å². The lowest BCUT2D eigenvalue weighted by Crippen LogP contribution is -1.83. The van der Waals surface area contributed by atoms with Crippen molar-refractivity contribution in [1.82, 2.24) is 0 Å². The molecule has 0 amide bonds. The highest BCUT2D eigenvalue weighted by Crippen LogP contribution is 2.17. The number of anilines is 1. The summed E-state index contributed by atoms with van der Waals surface area (Å²) in [6.07, 6.45) is 0. The molecule has 3 heteroatoms. The number of carbonyl (C=O) groups excluding carboxylic acids is 1. The predicted octanol–water partition coefficient (Wildman–Crippen LogP) is 1.10. The van der Waals surface area contributed by atoms with E-state index in [2.05, 4.69) is 0 Å². The van der Waals surface area contributed by atoms with E-state index in [0.717, 1.165) is 5.56 Å². The molecular formula is C8H11NO2. The number of phenolic OH excluding ortho intramolecular Hbond substituents is 1. The van der Waals surface area contributed by atoms with E-state index in [-0.39, 0.29) is 5.75 Å². The minimum atomic E-state index is 0.259. The Morgan fingerprint density at radius 3 is 2.36 bits per heavy atom. The Morgan fingerprint density at radius 1 is 1.45 bits per heavy atom. The number of aryl methyl sites for hydroxylation is 1. The van der Waals surface area contributed by atoms with E-state index in [1.807, 2.05) is 13.7 Å². The molecule has 0 heterocycles. The Bertz CT molecular complexity index is 236. The number of carbonyl (C=O) groups is 1.